The lowest BCUT2D eigenvalue weighted by Gasteiger charge is -2.19. The standard InChI is InChI=1S/C18H25N3O2S/c1-13(16-11-24-12-20-16)19-10-9-14-5-7-15(8-6-14)21-17(22)23-18(2,3)4/h5-8,11-13,19H,9-10H2,1-4H3,(H,21,22). The maximum absolute atomic E-state index is 11.7. The molecule has 130 valence electrons. The molecule has 1 aromatic carbocycles. The van der Waals surface area contributed by atoms with E-state index >= 15 is 0 Å². The van der Waals surface area contributed by atoms with Gasteiger partial charge >= 0.3 is 6.09 Å². The Morgan fingerprint density at radius 3 is 2.58 bits per heavy atom. The van der Waals surface area contributed by atoms with Crippen LogP contribution in [-0.4, -0.2) is 23.2 Å². The molecule has 0 fully saturated rings. The van der Waals surface area contributed by atoms with Crippen LogP contribution in [0.15, 0.2) is 35.2 Å². The van der Waals surface area contributed by atoms with Crippen LogP contribution >= 0.6 is 11.3 Å². The molecule has 1 amide bonds. The van der Waals surface area contributed by atoms with Crippen molar-refractivity contribution in [1.82, 2.24) is 10.3 Å². The summed E-state index contributed by atoms with van der Waals surface area (Å²) in [6.07, 6.45) is 0.482. The minimum atomic E-state index is -0.496. The van der Waals surface area contributed by atoms with Gasteiger partial charge < -0.3 is 10.1 Å². The molecule has 1 atom stereocenters. The second kappa shape index (κ2) is 8.26. The number of benzene rings is 1. The molecule has 0 spiro atoms. The van der Waals surface area contributed by atoms with E-state index in [9.17, 15) is 4.79 Å². The highest BCUT2D eigenvalue weighted by Crippen LogP contribution is 2.14. The fourth-order valence-corrected chi connectivity index (χ4v) is 2.80. The summed E-state index contributed by atoms with van der Waals surface area (Å²) >= 11 is 1.61. The van der Waals surface area contributed by atoms with E-state index in [1.165, 1.54) is 5.56 Å². The Hall–Kier alpha value is -1.92. The first kappa shape index (κ1) is 18.4. The molecule has 0 saturated heterocycles. The summed E-state index contributed by atoms with van der Waals surface area (Å²) in [6, 6.07) is 8.07. The Balaban J connectivity index is 1.76. The molecular formula is C18H25N3O2S. The molecule has 0 aliphatic rings. The quantitative estimate of drug-likeness (QED) is 0.814. The lowest BCUT2D eigenvalue weighted by molar-refractivity contribution is 0.0636. The molecule has 0 saturated carbocycles. The predicted octanol–water partition coefficient (Wildman–Crippen LogP) is 4.38. The van der Waals surface area contributed by atoms with E-state index in [1.807, 2.05) is 50.5 Å². The van der Waals surface area contributed by atoms with Crippen molar-refractivity contribution in [1.29, 1.82) is 0 Å². The minimum Gasteiger partial charge on any atom is -0.444 e. The van der Waals surface area contributed by atoms with Crippen molar-refractivity contribution in [3.8, 4) is 0 Å². The van der Waals surface area contributed by atoms with Crippen LogP contribution in [0.3, 0.4) is 0 Å². The number of rotatable bonds is 6. The second-order valence-electron chi connectivity index (χ2n) is 6.66. The molecule has 0 radical (unpaired) electrons. The van der Waals surface area contributed by atoms with E-state index in [1.54, 1.807) is 11.3 Å². The van der Waals surface area contributed by atoms with Gasteiger partial charge in [-0.1, -0.05) is 12.1 Å². The number of carbonyl (C=O) groups is 1. The normalized spacial score (nSPS) is 12.7. The molecule has 1 heterocycles. The summed E-state index contributed by atoms with van der Waals surface area (Å²) in [5.74, 6) is 0. The lowest BCUT2D eigenvalue weighted by atomic mass is 10.1. The number of carbonyl (C=O) groups excluding carboxylic acids is 1. The number of hydrogen-bond donors (Lipinski definition) is 2. The van der Waals surface area contributed by atoms with Gasteiger partial charge in [-0.3, -0.25) is 5.32 Å². The number of nitrogens with zero attached hydrogens (tertiary/aromatic N) is 1. The summed E-state index contributed by atoms with van der Waals surface area (Å²) < 4.78 is 5.23. The first-order valence-corrected chi connectivity index (χ1v) is 8.98. The molecule has 0 aliphatic carbocycles. The number of aromatic nitrogens is 1. The topological polar surface area (TPSA) is 63.2 Å². The first-order chi connectivity index (χ1) is 11.3. The van der Waals surface area contributed by atoms with Crippen molar-refractivity contribution < 1.29 is 9.53 Å². The molecule has 6 heteroatoms. The van der Waals surface area contributed by atoms with Crippen molar-refractivity contribution in [2.75, 3.05) is 11.9 Å². The van der Waals surface area contributed by atoms with Crippen LogP contribution in [0.2, 0.25) is 0 Å². The third-order valence-electron chi connectivity index (χ3n) is 3.36. The van der Waals surface area contributed by atoms with Gasteiger partial charge in [0, 0.05) is 17.1 Å². The summed E-state index contributed by atoms with van der Waals surface area (Å²) in [5, 5.41) is 8.26. The van der Waals surface area contributed by atoms with Gasteiger partial charge in [-0.2, -0.15) is 0 Å². The SMILES string of the molecule is CC(NCCc1ccc(NC(=O)OC(C)(C)C)cc1)c1cscn1. The van der Waals surface area contributed by atoms with Gasteiger partial charge in [0.05, 0.1) is 11.2 Å². The number of nitrogens with one attached hydrogen (secondary N) is 2. The van der Waals surface area contributed by atoms with Crippen LogP contribution < -0.4 is 10.6 Å². The van der Waals surface area contributed by atoms with Gasteiger partial charge in [0.15, 0.2) is 0 Å². The predicted molar refractivity (Wildman–Crippen MR) is 98.5 cm³/mol. The van der Waals surface area contributed by atoms with E-state index in [4.69, 9.17) is 4.74 Å². The maximum Gasteiger partial charge on any atom is 0.412 e. The minimum absolute atomic E-state index is 0.254. The summed E-state index contributed by atoms with van der Waals surface area (Å²) in [5.41, 5.74) is 4.38. The summed E-state index contributed by atoms with van der Waals surface area (Å²) in [6.45, 7) is 8.51. The largest absolute Gasteiger partial charge is 0.444 e. The number of amides is 1. The van der Waals surface area contributed by atoms with Crippen molar-refractivity contribution in [2.24, 2.45) is 0 Å². The fraction of sp³-hybridized carbons (Fsp3) is 0.444. The average molecular weight is 347 g/mol. The Morgan fingerprint density at radius 2 is 2.00 bits per heavy atom. The highest BCUT2D eigenvalue weighted by molar-refractivity contribution is 7.07. The molecule has 2 aromatic rings. The third-order valence-corrected chi connectivity index (χ3v) is 3.96. The van der Waals surface area contributed by atoms with Gasteiger partial charge in [-0.25, -0.2) is 9.78 Å². The number of thiazole rings is 1. The molecule has 2 rings (SSSR count). The first-order valence-electron chi connectivity index (χ1n) is 8.04. The van der Waals surface area contributed by atoms with Gasteiger partial charge in [0.1, 0.15) is 5.60 Å². The van der Waals surface area contributed by atoms with Crippen molar-refractivity contribution >= 4 is 23.1 Å². The van der Waals surface area contributed by atoms with Crippen LogP contribution in [0.1, 0.15) is 45.0 Å². The molecule has 5 nitrogen and oxygen atoms in total. The monoisotopic (exact) mass is 347 g/mol. The van der Waals surface area contributed by atoms with Crippen molar-refractivity contribution in [3.05, 3.63) is 46.4 Å². The Bertz CT molecular complexity index is 633. The zero-order valence-electron chi connectivity index (χ0n) is 14.6. The zero-order valence-corrected chi connectivity index (χ0v) is 15.4. The Labute approximate surface area is 147 Å². The maximum atomic E-state index is 11.7. The average Bonchev–Trinajstić information content (AvgIpc) is 3.01. The fourth-order valence-electron chi connectivity index (χ4n) is 2.15. The molecule has 0 aliphatic heterocycles. The number of ether oxygens (including phenoxy) is 1. The Morgan fingerprint density at radius 1 is 1.29 bits per heavy atom. The molecule has 2 N–H and O–H groups in total. The summed E-state index contributed by atoms with van der Waals surface area (Å²) in [7, 11) is 0. The molecular weight excluding hydrogens is 322 g/mol. The van der Waals surface area contributed by atoms with Crippen molar-refractivity contribution in [3.63, 3.8) is 0 Å². The highest BCUT2D eigenvalue weighted by atomic mass is 32.1. The van der Waals surface area contributed by atoms with Crippen LogP contribution in [0.5, 0.6) is 0 Å². The highest BCUT2D eigenvalue weighted by Gasteiger charge is 2.16. The van der Waals surface area contributed by atoms with Gasteiger partial charge in [-0.05, 0) is 58.4 Å². The lowest BCUT2D eigenvalue weighted by Crippen LogP contribution is -2.27. The van der Waals surface area contributed by atoms with Crippen LogP contribution in [-0.2, 0) is 11.2 Å². The van der Waals surface area contributed by atoms with E-state index in [-0.39, 0.29) is 6.04 Å². The van der Waals surface area contributed by atoms with E-state index < -0.39 is 11.7 Å². The second-order valence-corrected chi connectivity index (χ2v) is 7.38. The zero-order chi connectivity index (χ0) is 17.6. The Kier molecular flexibility index (Phi) is 6.34. The third kappa shape index (κ3) is 6.29. The molecule has 0 bridgehead atoms. The van der Waals surface area contributed by atoms with E-state index in [2.05, 4.69) is 27.9 Å². The van der Waals surface area contributed by atoms with Gasteiger partial charge in [0.2, 0.25) is 0 Å². The molecule has 24 heavy (non-hydrogen) atoms. The van der Waals surface area contributed by atoms with Crippen molar-refractivity contribution in [2.45, 2.75) is 45.8 Å². The smallest absolute Gasteiger partial charge is 0.412 e. The van der Waals surface area contributed by atoms with Crippen LogP contribution in [0.4, 0.5) is 10.5 Å². The summed E-state index contributed by atoms with van der Waals surface area (Å²) in [4.78, 5) is 16.0. The molecule has 1 unspecified atom stereocenters. The van der Waals surface area contributed by atoms with E-state index in [0.717, 1.165) is 24.3 Å². The van der Waals surface area contributed by atoms with Gasteiger partial charge in [-0.15, -0.1) is 11.3 Å². The number of hydrogen-bond acceptors (Lipinski definition) is 5. The van der Waals surface area contributed by atoms with Gasteiger partial charge in [0.25, 0.3) is 0 Å². The van der Waals surface area contributed by atoms with Crippen LogP contribution in [0.25, 0.3) is 0 Å². The molecule has 1 aromatic heterocycles. The number of anilines is 1. The van der Waals surface area contributed by atoms with Crippen LogP contribution in [0, 0.1) is 0 Å². The van der Waals surface area contributed by atoms with E-state index in [0.29, 0.717) is 0 Å².